The maximum absolute atomic E-state index is 5.70. The van der Waals surface area contributed by atoms with E-state index in [1.807, 2.05) is 24.3 Å². The predicted octanol–water partition coefficient (Wildman–Crippen LogP) is 2.23. The number of nitrogens with one attached hydrogen (secondary N) is 1. The van der Waals surface area contributed by atoms with Gasteiger partial charge in [0.15, 0.2) is 0 Å². The molecule has 0 unspecified atom stereocenters. The lowest BCUT2D eigenvalue weighted by atomic mass is 10.2. The Hall–Kier alpha value is -0.600. The molecule has 0 fully saturated rings. The summed E-state index contributed by atoms with van der Waals surface area (Å²) in [6.07, 6.45) is 0. The highest BCUT2D eigenvalue weighted by molar-refractivity contribution is 7.80. The molecule has 0 saturated carbocycles. The first kappa shape index (κ1) is 8.50. The van der Waals surface area contributed by atoms with Crippen molar-refractivity contribution in [3.8, 4) is 0 Å². The number of thiocarbonyl (C=S) groups is 1. The summed E-state index contributed by atoms with van der Waals surface area (Å²) in [5.74, 6) is 0. The van der Waals surface area contributed by atoms with Crippen molar-refractivity contribution < 1.29 is 0 Å². The van der Waals surface area contributed by atoms with Gasteiger partial charge in [0.25, 0.3) is 0 Å². The van der Waals surface area contributed by atoms with Gasteiger partial charge in [-0.15, -0.1) is 0 Å². The highest BCUT2D eigenvalue weighted by Crippen LogP contribution is 2.09. The SMILES string of the molecule is CNC(=S)c1ccc(Cl)cc1. The lowest BCUT2D eigenvalue weighted by molar-refractivity contribution is 1.20. The Kier molecular flexibility index (Phi) is 2.85. The monoisotopic (exact) mass is 185 g/mol. The van der Waals surface area contributed by atoms with E-state index < -0.39 is 0 Å². The summed E-state index contributed by atoms with van der Waals surface area (Å²) in [5, 5.41) is 3.62. The minimum atomic E-state index is 0.729. The van der Waals surface area contributed by atoms with Crippen LogP contribution < -0.4 is 5.32 Å². The topological polar surface area (TPSA) is 12.0 Å². The molecule has 0 aromatic heterocycles. The third kappa shape index (κ3) is 2.17. The van der Waals surface area contributed by atoms with Crippen molar-refractivity contribution in [1.82, 2.24) is 5.32 Å². The molecular formula is C8H8ClNS. The van der Waals surface area contributed by atoms with Crippen LogP contribution in [0.4, 0.5) is 0 Å². The quantitative estimate of drug-likeness (QED) is 0.674. The Bertz CT molecular complexity index is 255. The van der Waals surface area contributed by atoms with E-state index in [-0.39, 0.29) is 0 Å². The van der Waals surface area contributed by atoms with Gasteiger partial charge in [0.1, 0.15) is 4.99 Å². The molecule has 0 saturated heterocycles. The van der Waals surface area contributed by atoms with Gasteiger partial charge < -0.3 is 5.32 Å². The van der Waals surface area contributed by atoms with Crippen LogP contribution in [-0.4, -0.2) is 12.0 Å². The smallest absolute Gasteiger partial charge is 0.106 e. The Morgan fingerprint density at radius 2 is 1.91 bits per heavy atom. The Balaban J connectivity index is 2.90. The number of hydrogen-bond acceptors (Lipinski definition) is 1. The van der Waals surface area contributed by atoms with Crippen molar-refractivity contribution >= 4 is 28.8 Å². The van der Waals surface area contributed by atoms with Gasteiger partial charge in [-0.1, -0.05) is 36.0 Å². The Morgan fingerprint density at radius 1 is 1.36 bits per heavy atom. The number of halogens is 1. The standard InChI is InChI=1S/C8H8ClNS/c1-10-8(11)6-2-4-7(9)5-3-6/h2-5H,1H3,(H,10,11). The van der Waals surface area contributed by atoms with E-state index in [2.05, 4.69) is 5.32 Å². The summed E-state index contributed by atoms with van der Waals surface area (Å²) < 4.78 is 0. The summed E-state index contributed by atoms with van der Waals surface area (Å²) in [4.78, 5) is 0.738. The van der Waals surface area contributed by atoms with Crippen molar-refractivity contribution in [3.63, 3.8) is 0 Å². The Labute approximate surface area is 76.4 Å². The molecule has 3 heteroatoms. The van der Waals surface area contributed by atoms with Crippen LogP contribution in [0.3, 0.4) is 0 Å². The number of rotatable bonds is 1. The second kappa shape index (κ2) is 3.69. The van der Waals surface area contributed by atoms with Crippen LogP contribution in [0.2, 0.25) is 5.02 Å². The first-order chi connectivity index (χ1) is 5.24. The molecule has 0 aliphatic heterocycles. The van der Waals surface area contributed by atoms with E-state index in [1.54, 1.807) is 7.05 Å². The summed E-state index contributed by atoms with van der Waals surface area (Å²) in [7, 11) is 1.80. The molecular weight excluding hydrogens is 178 g/mol. The van der Waals surface area contributed by atoms with Crippen LogP contribution >= 0.6 is 23.8 Å². The van der Waals surface area contributed by atoms with Crippen LogP contribution in [0, 0.1) is 0 Å². The Morgan fingerprint density at radius 3 is 2.36 bits per heavy atom. The average Bonchev–Trinajstić information content (AvgIpc) is 2.05. The van der Waals surface area contributed by atoms with E-state index in [4.69, 9.17) is 23.8 Å². The third-order valence-corrected chi connectivity index (χ3v) is 2.03. The van der Waals surface area contributed by atoms with Gasteiger partial charge in [0.2, 0.25) is 0 Å². The molecule has 1 rings (SSSR count). The molecule has 0 aliphatic carbocycles. The van der Waals surface area contributed by atoms with E-state index in [0.717, 1.165) is 15.6 Å². The van der Waals surface area contributed by atoms with Crippen molar-refractivity contribution in [2.24, 2.45) is 0 Å². The minimum absolute atomic E-state index is 0.729. The third-order valence-electron chi connectivity index (χ3n) is 1.33. The first-order valence-corrected chi connectivity index (χ1v) is 4.00. The van der Waals surface area contributed by atoms with Crippen LogP contribution in [0.15, 0.2) is 24.3 Å². The number of benzene rings is 1. The van der Waals surface area contributed by atoms with E-state index in [0.29, 0.717) is 0 Å². The molecule has 58 valence electrons. The van der Waals surface area contributed by atoms with Crippen molar-refractivity contribution in [2.75, 3.05) is 7.05 Å². The van der Waals surface area contributed by atoms with Gasteiger partial charge in [-0.05, 0) is 12.1 Å². The highest BCUT2D eigenvalue weighted by Gasteiger charge is 1.95. The van der Waals surface area contributed by atoms with Crippen LogP contribution in [0.5, 0.6) is 0 Å². The number of hydrogen-bond donors (Lipinski definition) is 1. The van der Waals surface area contributed by atoms with E-state index in [9.17, 15) is 0 Å². The zero-order chi connectivity index (χ0) is 8.27. The summed E-state index contributed by atoms with van der Waals surface area (Å²) >= 11 is 10.7. The molecule has 0 spiro atoms. The second-order valence-electron chi connectivity index (χ2n) is 2.09. The molecule has 0 heterocycles. The van der Waals surface area contributed by atoms with Crippen molar-refractivity contribution in [2.45, 2.75) is 0 Å². The average molecular weight is 186 g/mol. The fraction of sp³-hybridized carbons (Fsp3) is 0.125. The zero-order valence-electron chi connectivity index (χ0n) is 6.10. The van der Waals surface area contributed by atoms with E-state index >= 15 is 0 Å². The molecule has 0 radical (unpaired) electrons. The van der Waals surface area contributed by atoms with Crippen LogP contribution in [0.1, 0.15) is 5.56 Å². The fourth-order valence-corrected chi connectivity index (χ4v) is 1.01. The first-order valence-electron chi connectivity index (χ1n) is 3.21. The molecule has 0 aliphatic rings. The summed E-state index contributed by atoms with van der Waals surface area (Å²) in [5.41, 5.74) is 0.993. The molecule has 11 heavy (non-hydrogen) atoms. The van der Waals surface area contributed by atoms with Gasteiger partial charge in [-0.3, -0.25) is 0 Å². The molecule has 1 aromatic carbocycles. The van der Waals surface area contributed by atoms with Gasteiger partial charge >= 0.3 is 0 Å². The van der Waals surface area contributed by atoms with Gasteiger partial charge in [-0.25, -0.2) is 0 Å². The zero-order valence-corrected chi connectivity index (χ0v) is 7.67. The van der Waals surface area contributed by atoms with Gasteiger partial charge in [0.05, 0.1) is 0 Å². The van der Waals surface area contributed by atoms with Gasteiger partial charge in [-0.2, -0.15) is 0 Å². The lowest BCUT2D eigenvalue weighted by Gasteiger charge is -2.01. The van der Waals surface area contributed by atoms with Crippen molar-refractivity contribution in [3.05, 3.63) is 34.9 Å². The summed E-state index contributed by atoms with van der Waals surface area (Å²) in [6, 6.07) is 7.42. The van der Waals surface area contributed by atoms with Crippen LogP contribution in [-0.2, 0) is 0 Å². The predicted molar refractivity (Wildman–Crippen MR) is 52.2 cm³/mol. The van der Waals surface area contributed by atoms with Gasteiger partial charge in [0, 0.05) is 17.6 Å². The molecule has 0 atom stereocenters. The largest absolute Gasteiger partial charge is 0.379 e. The fourth-order valence-electron chi connectivity index (χ4n) is 0.746. The molecule has 1 nitrogen and oxygen atoms in total. The lowest BCUT2D eigenvalue weighted by Crippen LogP contribution is -2.15. The molecule has 1 aromatic rings. The maximum atomic E-state index is 5.70. The summed E-state index contributed by atoms with van der Waals surface area (Å²) in [6.45, 7) is 0. The maximum Gasteiger partial charge on any atom is 0.106 e. The molecule has 0 amide bonds. The van der Waals surface area contributed by atoms with E-state index in [1.165, 1.54) is 0 Å². The molecule has 1 N–H and O–H groups in total. The highest BCUT2D eigenvalue weighted by atomic mass is 35.5. The van der Waals surface area contributed by atoms with Crippen LogP contribution in [0.25, 0.3) is 0 Å². The molecule has 0 bridgehead atoms. The minimum Gasteiger partial charge on any atom is -0.379 e. The normalized spacial score (nSPS) is 9.27. The van der Waals surface area contributed by atoms with Crippen molar-refractivity contribution in [1.29, 1.82) is 0 Å². The second-order valence-corrected chi connectivity index (χ2v) is 2.93.